The summed E-state index contributed by atoms with van der Waals surface area (Å²) in [6, 6.07) is 6.53. The topological polar surface area (TPSA) is 72.1 Å². The van der Waals surface area contributed by atoms with E-state index in [1.165, 1.54) is 16.9 Å². The number of aryl methyl sites for hydroxylation is 2. The number of carbonyl (C=O) groups excluding carboxylic acids is 1. The zero-order valence-corrected chi connectivity index (χ0v) is 17.8. The zero-order valence-electron chi connectivity index (χ0n) is 16.1. The Morgan fingerprint density at radius 3 is 2.86 bits per heavy atom. The van der Waals surface area contributed by atoms with E-state index >= 15 is 0 Å². The van der Waals surface area contributed by atoms with Gasteiger partial charge in [-0.2, -0.15) is 0 Å². The maximum Gasteiger partial charge on any atom is 0.228 e. The number of hydrogen-bond acceptors (Lipinski definition) is 7. The largest absolute Gasteiger partial charge is 0.444 e. The lowest BCUT2D eigenvalue weighted by atomic mass is 10.1. The van der Waals surface area contributed by atoms with Gasteiger partial charge in [0.05, 0.1) is 5.69 Å². The number of benzene rings is 1. The van der Waals surface area contributed by atoms with Crippen molar-refractivity contribution in [3.8, 4) is 11.5 Å². The highest BCUT2D eigenvalue weighted by Gasteiger charge is 2.35. The fourth-order valence-corrected chi connectivity index (χ4v) is 4.82. The van der Waals surface area contributed by atoms with Crippen LogP contribution in [0.2, 0.25) is 0 Å². The van der Waals surface area contributed by atoms with Gasteiger partial charge in [-0.3, -0.25) is 9.69 Å². The van der Waals surface area contributed by atoms with Crippen molar-refractivity contribution in [2.24, 2.45) is 0 Å². The fourth-order valence-electron chi connectivity index (χ4n) is 3.01. The van der Waals surface area contributed by atoms with E-state index in [1.54, 1.807) is 18.0 Å². The molecule has 6 nitrogen and oxygen atoms in total. The van der Waals surface area contributed by atoms with Crippen molar-refractivity contribution in [3.63, 3.8) is 0 Å². The lowest BCUT2D eigenvalue weighted by Crippen LogP contribution is -2.32. The van der Waals surface area contributed by atoms with Gasteiger partial charge in [0, 0.05) is 23.8 Å². The van der Waals surface area contributed by atoms with E-state index in [1.807, 2.05) is 17.9 Å². The summed E-state index contributed by atoms with van der Waals surface area (Å²) in [6.07, 6.45) is 4.28. The van der Waals surface area contributed by atoms with Crippen molar-refractivity contribution in [1.82, 2.24) is 15.2 Å². The molecule has 0 radical (unpaired) electrons. The first-order valence-corrected chi connectivity index (χ1v) is 11.2. The predicted molar refractivity (Wildman–Crippen MR) is 112 cm³/mol. The standard InChI is InChI=1S/C20H22N4O2S2/c1-4-17(25)24(15-6-7-15)19-22-23-20(28-19)27-11-14-10-26-18(21-14)16-8-5-12(2)9-13(16)3/h5,8-10,15H,4,6-7,11H2,1-3H3. The van der Waals surface area contributed by atoms with Gasteiger partial charge in [-0.05, 0) is 38.3 Å². The molecule has 0 saturated heterocycles. The summed E-state index contributed by atoms with van der Waals surface area (Å²) in [6.45, 7) is 6.02. The van der Waals surface area contributed by atoms with Crippen molar-refractivity contribution in [2.75, 3.05) is 4.90 Å². The Kier molecular flexibility index (Phi) is 5.50. The molecule has 1 fully saturated rings. The summed E-state index contributed by atoms with van der Waals surface area (Å²) in [5, 5.41) is 9.19. The number of hydrogen-bond donors (Lipinski definition) is 0. The van der Waals surface area contributed by atoms with Crippen LogP contribution in [0.3, 0.4) is 0 Å². The molecule has 1 amide bonds. The van der Waals surface area contributed by atoms with Crippen LogP contribution in [0.1, 0.15) is 43.0 Å². The minimum absolute atomic E-state index is 0.116. The van der Waals surface area contributed by atoms with Crippen LogP contribution in [0, 0.1) is 13.8 Å². The summed E-state index contributed by atoms with van der Waals surface area (Å²) in [7, 11) is 0. The SMILES string of the molecule is CCC(=O)N(c1nnc(SCc2coc(-c3ccc(C)cc3C)n2)s1)C1CC1. The Hall–Kier alpha value is -2.19. The van der Waals surface area contributed by atoms with Gasteiger partial charge in [0.2, 0.25) is 16.9 Å². The summed E-state index contributed by atoms with van der Waals surface area (Å²) < 4.78 is 6.51. The molecule has 0 N–H and O–H groups in total. The first-order valence-electron chi connectivity index (χ1n) is 9.35. The molecular weight excluding hydrogens is 392 g/mol. The molecule has 1 aromatic carbocycles. The summed E-state index contributed by atoms with van der Waals surface area (Å²) in [5.74, 6) is 1.40. The molecule has 1 aliphatic carbocycles. The van der Waals surface area contributed by atoms with E-state index in [-0.39, 0.29) is 5.91 Å². The number of thioether (sulfide) groups is 1. The number of rotatable bonds is 7. The average molecular weight is 415 g/mol. The van der Waals surface area contributed by atoms with Crippen LogP contribution in [-0.4, -0.2) is 27.1 Å². The molecule has 1 saturated carbocycles. The predicted octanol–water partition coefficient (Wildman–Crippen LogP) is 5.01. The van der Waals surface area contributed by atoms with Crippen molar-refractivity contribution >= 4 is 34.1 Å². The molecule has 0 bridgehead atoms. The number of oxazole rings is 1. The van der Waals surface area contributed by atoms with Gasteiger partial charge in [-0.15, -0.1) is 10.2 Å². The average Bonchev–Trinajstić information content (AvgIpc) is 3.21. The van der Waals surface area contributed by atoms with Crippen LogP contribution < -0.4 is 4.90 Å². The van der Waals surface area contributed by atoms with Crippen LogP contribution in [0.4, 0.5) is 5.13 Å². The van der Waals surface area contributed by atoms with Gasteiger partial charge < -0.3 is 4.42 Å². The maximum absolute atomic E-state index is 12.2. The van der Waals surface area contributed by atoms with E-state index in [4.69, 9.17) is 4.42 Å². The molecule has 0 unspecified atom stereocenters. The zero-order chi connectivity index (χ0) is 19.7. The molecule has 1 aliphatic rings. The van der Waals surface area contributed by atoms with Crippen LogP contribution in [0.25, 0.3) is 11.5 Å². The van der Waals surface area contributed by atoms with Crippen LogP contribution >= 0.6 is 23.1 Å². The van der Waals surface area contributed by atoms with Crippen LogP contribution in [-0.2, 0) is 10.5 Å². The Balaban J connectivity index is 1.42. The number of anilines is 1. The number of aromatic nitrogens is 3. The highest BCUT2D eigenvalue weighted by Crippen LogP contribution is 2.37. The first-order chi connectivity index (χ1) is 13.5. The van der Waals surface area contributed by atoms with Crippen molar-refractivity contribution < 1.29 is 9.21 Å². The monoisotopic (exact) mass is 414 g/mol. The Morgan fingerprint density at radius 2 is 2.14 bits per heavy atom. The van der Waals surface area contributed by atoms with E-state index in [2.05, 4.69) is 41.2 Å². The molecule has 0 atom stereocenters. The normalized spacial score (nSPS) is 13.7. The lowest BCUT2D eigenvalue weighted by Gasteiger charge is -2.17. The minimum Gasteiger partial charge on any atom is -0.444 e. The molecule has 0 spiro atoms. The van der Waals surface area contributed by atoms with Gasteiger partial charge in [-0.25, -0.2) is 4.98 Å². The molecule has 0 aliphatic heterocycles. The quantitative estimate of drug-likeness (QED) is 0.400. The van der Waals surface area contributed by atoms with E-state index in [9.17, 15) is 4.79 Å². The number of carbonyl (C=O) groups is 1. The van der Waals surface area contributed by atoms with E-state index in [0.29, 0.717) is 29.2 Å². The minimum atomic E-state index is 0.116. The second-order valence-corrected chi connectivity index (χ2v) is 9.13. The second-order valence-electron chi connectivity index (χ2n) is 6.95. The van der Waals surface area contributed by atoms with Gasteiger partial charge in [0.1, 0.15) is 6.26 Å². The van der Waals surface area contributed by atoms with Gasteiger partial charge in [-0.1, -0.05) is 47.7 Å². The molecule has 4 rings (SSSR count). The highest BCUT2D eigenvalue weighted by molar-refractivity contribution is 8.00. The smallest absolute Gasteiger partial charge is 0.228 e. The highest BCUT2D eigenvalue weighted by atomic mass is 32.2. The number of amides is 1. The van der Waals surface area contributed by atoms with Crippen molar-refractivity contribution in [2.45, 2.75) is 56.2 Å². The first kappa shape index (κ1) is 19.1. The third kappa shape index (κ3) is 4.12. The van der Waals surface area contributed by atoms with Gasteiger partial charge in [0.25, 0.3) is 0 Å². The van der Waals surface area contributed by atoms with Crippen molar-refractivity contribution in [1.29, 1.82) is 0 Å². The molecular formula is C20H22N4O2S2. The Morgan fingerprint density at radius 1 is 1.32 bits per heavy atom. The Bertz CT molecular complexity index is 994. The summed E-state index contributed by atoms with van der Waals surface area (Å²) in [5.41, 5.74) is 4.24. The third-order valence-corrected chi connectivity index (χ3v) is 6.68. The molecule has 146 valence electrons. The second kappa shape index (κ2) is 8.05. The molecule has 2 heterocycles. The van der Waals surface area contributed by atoms with Gasteiger partial charge >= 0.3 is 0 Å². The molecule has 2 aromatic heterocycles. The van der Waals surface area contributed by atoms with Gasteiger partial charge in [0.15, 0.2) is 4.34 Å². The fraction of sp³-hybridized carbons (Fsp3) is 0.400. The van der Waals surface area contributed by atoms with Crippen LogP contribution in [0.15, 0.2) is 33.2 Å². The van der Waals surface area contributed by atoms with Crippen LogP contribution in [0.5, 0.6) is 0 Å². The molecule has 8 heteroatoms. The van der Waals surface area contributed by atoms with Crippen molar-refractivity contribution in [3.05, 3.63) is 41.3 Å². The summed E-state index contributed by atoms with van der Waals surface area (Å²) in [4.78, 5) is 18.6. The maximum atomic E-state index is 12.2. The number of nitrogens with zero attached hydrogens (tertiary/aromatic N) is 4. The lowest BCUT2D eigenvalue weighted by molar-refractivity contribution is -0.118. The third-order valence-electron chi connectivity index (χ3n) is 4.59. The Labute approximate surface area is 172 Å². The van der Waals surface area contributed by atoms with E-state index in [0.717, 1.165) is 34.0 Å². The molecule has 28 heavy (non-hydrogen) atoms. The summed E-state index contributed by atoms with van der Waals surface area (Å²) >= 11 is 3.03. The molecule has 3 aromatic rings. The van der Waals surface area contributed by atoms with E-state index < -0.39 is 0 Å².